The number of ketones is 1. The number of hydrogen-bond acceptors (Lipinski definition) is 7. The summed E-state index contributed by atoms with van der Waals surface area (Å²) in [5.41, 5.74) is 3.92. The number of carbonyl (C=O) groups is 2. The van der Waals surface area contributed by atoms with E-state index in [9.17, 15) is 14.7 Å². The number of ether oxygens (including phenoxy) is 2. The van der Waals surface area contributed by atoms with Crippen LogP contribution in [-0.4, -0.2) is 35.0 Å². The molecule has 1 unspecified atom stereocenters. The molecular formula is C31H30N2O5S. The van der Waals surface area contributed by atoms with Crippen LogP contribution in [0.25, 0.3) is 16.0 Å². The van der Waals surface area contributed by atoms with Crippen LogP contribution in [0.4, 0.5) is 5.13 Å². The molecule has 7 nitrogen and oxygen atoms in total. The van der Waals surface area contributed by atoms with Crippen LogP contribution in [0.3, 0.4) is 0 Å². The summed E-state index contributed by atoms with van der Waals surface area (Å²) >= 11 is 1.35. The number of rotatable bonds is 8. The normalized spacial score (nSPS) is 16.7. The minimum Gasteiger partial charge on any atom is -0.507 e. The Balaban J connectivity index is 1.68. The quantitative estimate of drug-likeness (QED) is 0.151. The van der Waals surface area contributed by atoms with E-state index in [1.165, 1.54) is 16.2 Å². The Labute approximate surface area is 231 Å². The van der Waals surface area contributed by atoms with E-state index in [4.69, 9.17) is 14.5 Å². The van der Waals surface area contributed by atoms with Crippen molar-refractivity contribution in [1.82, 2.24) is 4.98 Å². The van der Waals surface area contributed by atoms with Crippen LogP contribution >= 0.6 is 11.3 Å². The van der Waals surface area contributed by atoms with Gasteiger partial charge in [-0.25, -0.2) is 4.98 Å². The number of amides is 1. The molecule has 3 aromatic carbocycles. The van der Waals surface area contributed by atoms with Gasteiger partial charge in [-0.1, -0.05) is 48.6 Å². The number of Topliss-reactive ketones (excluding diaryl/α,β-unsaturated/α-hetero) is 1. The van der Waals surface area contributed by atoms with Crippen molar-refractivity contribution in [2.75, 3.05) is 18.1 Å². The summed E-state index contributed by atoms with van der Waals surface area (Å²) < 4.78 is 12.3. The maximum absolute atomic E-state index is 13.6. The molecule has 0 spiro atoms. The number of aliphatic hydroxyl groups excluding tert-OH is 1. The molecule has 1 aliphatic rings. The number of aromatic nitrogens is 1. The van der Waals surface area contributed by atoms with E-state index in [1.54, 1.807) is 36.4 Å². The maximum atomic E-state index is 13.6. The minimum atomic E-state index is -0.872. The third-order valence-corrected chi connectivity index (χ3v) is 7.56. The van der Waals surface area contributed by atoms with E-state index in [1.807, 2.05) is 52.0 Å². The van der Waals surface area contributed by atoms with Gasteiger partial charge in [-0.05, 0) is 74.2 Å². The van der Waals surface area contributed by atoms with Gasteiger partial charge in [0.2, 0.25) is 0 Å². The molecule has 1 amide bonds. The van der Waals surface area contributed by atoms with Crippen LogP contribution in [0, 0.1) is 13.8 Å². The first-order valence-electron chi connectivity index (χ1n) is 13.0. The van der Waals surface area contributed by atoms with Gasteiger partial charge in [0.25, 0.3) is 5.78 Å². The van der Waals surface area contributed by atoms with Crippen molar-refractivity contribution in [3.63, 3.8) is 0 Å². The van der Waals surface area contributed by atoms with Crippen molar-refractivity contribution in [1.29, 1.82) is 0 Å². The fourth-order valence-electron chi connectivity index (χ4n) is 4.83. The van der Waals surface area contributed by atoms with Gasteiger partial charge in [-0.15, -0.1) is 0 Å². The average molecular weight is 543 g/mol. The number of benzene rings is 3. The second-order valence-corrected chi connectivity index (χ2v) is 10.5. The lowest BCUT2D eigenvalue weighted by atomic mass is 9.95. The number of aryl methyl sites for hydroxylation is 2. The summed E-state index contributed by atoms with van der Waals surface area (Å²) in [6.07, 6.45) is 0.834. The molecule has 0 aliphatic carbocycles. The molecule has 1 saturated heterocycles. The van der Waals surface area contributed by atoms with Gasteiger partial charge in [0.15, 0.2) is 5.13 Å². The SMILES string of the molecule is CCCOc1cccc(/C(O)=C2\C(=O)C(=O)N(c3nc4c(C)cc(C)cc4s3)C2c2ccc(OCC)cc2)c1. The van der Waals surface area contributed by atoms with Crippen LogP contribution in [0.15, 0.2) is 66.2 Å². The van der Waals surface area contributed by atoms with Gasteiger partial charge in [0.05, 0.1) is 35.0 Å². The summed E-state index contributed by atoms with van der Waals surface area (Å²) in [6.45, 7) is 8.93. The molecule has 4 aromatic rings. The molecule has 2 heterocycles. The molecule has 0 saturated carbocycles. The van der Waals surface area contributed by atoms with Crippen molar-refractivity contribution >= 4 is 44.1 Å². The second-order valence-electron chi connectivity index (χ2n) is 9.47. The summed E-state index contributed by atoms with van der Waals surface area (Å²) in [7, 11) is 0. The summed E-state index contributed by atoms with van der Waals surface area (Å²) in [4.78, 5) is 33.3. The zero-order valence-corrected chi connectivity index (χ0v) is 23.2. The summed E-state index contributed by atoms with van der Waals surface area (Å²) in [5, 5.41) is 11.9. The topological polar surface area (TPSA) is 89.0 Å². The number of fused-ring (bicyclic) bond motifs is 1. The van der Waals surface area contributed by atoms with Crippen molar-refractivity contribution in [2.24, 2.45) is 0 Å². The summed E-state index contributed by atoms with van der Waals surface area (Å²) in [5.74, 6) is -0.514. The van der Waals surface area contributed by atoms with E-state index in [-0.39, 0.29) is 11.3 Å². The zero-order valence-electron chi connectivity index (χ0n) is 22.4. The van der Waals surface area contributed by atoms with E-state index in [0.717, 1.165) is 27.8 Å². The lowest BCUT2D eigenvalue weighted by molar-refractivity contribution is -0.132. The minimum absolute atomic E-state index is 0.00367. The second kappa shape index (κ2) is 10.9. The molecule has 39 heavy (non-hydrogen) atoms. The van der Waals surface area contributed by atoms with Gasteiger partial charge in [0, 0.05) is 5.56 Å². The summed E-state index contributed by atoms with van der Waals surface area (Å²) in [6, 6.07) is 17.3. The fraction of sp³-hybridized carbons (Fsp3) is 0.258. The first-order chi connectivity index (χ1) is 18.8. The highest BCUT2D eigenvalue weighted by molar-refractivity contribution is 7.22. The van der Waals surface area contributed by atoms with E-state index in [2.05, 4.69) is 0 Å². The molecule has 0 bridgehead atoms. The number of nitrogens with zero attached hydrogens (tertiary/aromatic N) is 2. The Kier molecular flexibility index (Phi) is 7.39. The highest BCUT2D eigenvalue weighted by Crippen LogP contribution is 2.45. The van der Waals surface area contributed by atoms with Gasteiger partial charge < -0.3 is 14.6 Å². The molecule has 1 aromatic heterocycles. The van der Waals surface area contributed by atoms with Gasteiger partial charge in [0.1, 0.15) is 17.3 Å². The number of hydrogen-bond donors (Lipinski definition) is 1. The highest BCUT2D eigenvalue weighted by atomic mass is 32.1. The molecular weight excluding hydrogens is 512 g/mol. The Hall–Kier alpha value is -4.17. The molecule has 1 aliphatic heterocycles. The molecule has 1 fully saturated rings. The Morgan fingerprint density at radius 3 is 2.49 bits per heavy atom. The molecule has 1 atom stereocenters. The number of anilines is 1. The molecule has 1 N–H and O–H groups in total. The predicted octanol–water partition coefficient (Wildman–Crippen LogP) is 6.73. The van der Waals surface area contributed by atoms with Crippen LogP contribution in [0.1, 0.15) is 48.6 Å². The fourth-order valence-corrected chi connectivity index (χ4v) is 6.00. The first kappa shape index (κ1) is 26.4. The van der Waals surface area contributed by atoms with Crippen LogP contribution in [0.2, 0.25) is 0 Å². The van der Waals surface area contributed by atoms with Gasteiger partial charge in [-0.3, -0.25) is 14.5 Å². The van der Waals surface area contributed by atoms with E-state index >= 15 is 0 Å². The lowest BCUT2D eigenvalue weighted by Crippen LogP contribution is -2.29. The number of carbonyl (C=O) groups excluding carboxylic acids is 2. The molecule has 8 heteroatoms. The van der Waals surface area contributed by atoms with Crippen LogP contribution in [0.5, 0.6) is 11.5 Å². The monoisotopic (exact) mass is 542 g/mol. The van der Waals surface area contributed by atoms with Gasteiger partial charge in [-0.2, -0.15) is 0 Å². The molecule has 0 radical (unpaired) electrons. The van der Waals surface area contributed by atoms with E-state index in [0.29, 0.717) is 41.0 Å². The number of aliphatic hydroxyl groups is 1. The Morgan fingerprint density at radius 1 is 1.00 bits per heavy atom. The van der Waals surface area contributed by atoms with Crippen molar-refractivity contribution in [2.45, 2.75) is 40.2 Å². The van der Waals surface area contributed by atoms with Crippen LogP contribution in [-0.2, 0) is 9.59 Å². The Bertz CT molecular complexity index is 1590. The predicted molar refractivity (Wildman–Crippen MR) is 154 cm³/mol. The Morgan fingerprint density at radius 2 is 1.77 bits per heavy atom. The lowest BCUT2D eigenvalue weighted by Gasteiger charge is -2.23. The van der Waals surface area contributed by atoms with Crippen molar-refractivity contribution in [3.8, 4) is 11.5 Å². The highest BCUT2D eigenvalue weighted by Gasteiger charge is 2.48. The van der Waals surface area contributed by atoms with Gasteiger partial charge >= 0.3 is 5.91 Å². The molecule has 200 valence electrons. The van der Waals surface area contributed by atoms with Crippen molar-refractivity contribution < 1.29 is 24.2 Å². The van der Waals surface area contributed by atoms with E-state index < -0.39 is 17.7 Å². The number of thiazole rings is 1. The largest absolute Gasteiger partial charge is 0.507 e. The van der Waals surface area contributed by atoms with Crippen molar-refractivity contribution in [3.05, 3.63) is 88.5 Å². The zero-order chi connectivity index (χ0) is 27.7. The third-order valence-electron chi connectivity index (χ3n) is 6.56. The third kappa shape index (κ3) is 5.00. The maximum Gasteiger partial charge on any atom is 0.301 e. The standard InChI is InChI=1S/C31H30N2O5S/c1-5-14-38-23-9-7-8-21(17-23)28(34)25-27(20-10-12-22(13-11-20)37-6-2)33(30(36)29(25)35)31-32-26-19(4)15-18(3)16-24(26)39-31/h7-13,15-17,27,34H,5-6,14H2,1-4H3/b28-25+. The molecule has 5 rings (SSSR count). The average Bonchev–Trinajstić information content (AvgIpc) is 3.46. The van der Waals surface area contributed by atoms with Crippen LogP contribution < -0.4 is 14.4 Å². The smallest absolute Gasteiger partial charge is 0.301 e. The first-order valence-corrected chi connectivity index (χ1v) is 13.8.